The number of carbonyl (C=O) groups excluding carboxylic acids is 1. The summed E-state index contributed by atoms with van der Waals surface area (Å²) in [4.78, 5) is 14.5. The van der Waals surface area contributed by atoms with Gasteiger partial charge >= 0.3 is 0 Å². The van der Waals surface area contributed by atoms with Gasteiger partial charge in [0.05, 0.1) is 12.3 Å². The third-order valence-electron chi connectivity index (χ3n) is 5.09. The normalized spacial score (nSPS) is 19.8. The third kappa shape index (κ3) is 4.67. The van der Waals surface area contributed by atoms with Crippen LogP contribution in [0.1, 0.15) is 30.9 Å². The molecule has 3 rings (SSSR count). The van der Waals surface area contributed by atoms with Crippen LogP contribution in [0.2, 0.25) is 0 Å². The molecule has 144 valence electrons. The van der Waals surface area contributed by atoms with Crippen molar-refractivity contribution < 1.29 is 14.6 Å². The molecule has 1 aliphatic heterocycles. The predicted octanol–water partition coefficient (Wildman–Crippen LogP) is 3.32. The van der Waals surface area contributed by atoms with Gasteiger partial charge in [-0.2, -0.15) is 0 Å². The molecule has 0 unspecified atom stereocenters. The van der Waals surface area contributed by atoms with Crippen LogP contribution >= 0.6 is 0 Å². The number of para-hydroxylation sites is 2. The number of rotatable bonds is 7. The second-order valence-corrected chi connectivity index (χ2v) is 7.10. The van der Waals surface area contributed by atoms with Gasteiger partial charge in [0.2, 0.25) is 5.91 Å². The summed E-state index contributed by atoms with van der Waals surface area (Å²) < 4.78 is 5.55. The van der Waals surface area contributed by atoms with Gasteiger partial charge in [-0.25, -0.2) is 0 Å². The topological polar surface area (TPSA) is 61.8 Å². The van der Waals surface area contributed by atoms with Crippen LogP contribution in [-0.2, 0) is 10.4 Å². The van der Waals surface area contributed by atoms with E-state index in [4.69, 9.17) is 4.74 Å². The van der Waals surface area contributed by atoms with Crippen LogP contribution in [0.15, 0.2) is 48.5 Å². The molecular formula is C22H28N2O3. The molecule has 0 radical (unpaired) electrons. The maximum atomic E-state index is 12.4. The Kier molecular flexibility index (Phi) is 6.14. The Hall–Kier alpha value is -2.37. The molecule has 5 nitrogen and oxygen atoms in total. The standard InChI is InChI=1S/C22H28N2O3/c1-3-27-20-11-7-6-10-19(20)23-21(25)12-14-24-15-13-22(26,16-24)18-9-5-4-8-17(18)2/h4-11,26H,3,12-16H2,1-2H3,(H,23,25)/t22-/m0/s1. The van der Waals surface area contributed by atoms with Crippen LogP contribution in [0.3, 0.4) is 0 Å². The smallest absolute Gasteiger partial charge is 0.225 e. The van der Waals surface area contributed by atoms with Gasteiger partial charge in [0.1, 0.15) is 11.4 Å². The van der Waals surface area contributed by atoms with E-state index in [0.717, 1.165) is 17.7 Å². The molecular weight excluding hydrogens is 340 g/mol. The number of ether oxygens (including phenoxy) is 1. The number of hydrogen-bond donors (Lipinski definition) is 2. The van der Waals surface area contributed by atoms with E-state index >= 15 is 0 Å². The summed E-state index contributed by atoms with van der Waals surface area (Å²) in [6.07, 6.45) is 1.07. The molecule has 2 aromatic rings. The van der Waals surface area contributed by atoms with Crippen molar-refractivity contribution >= 4 is 11.6 Å². The molecule has 1 heterocycles. The van der Waals surface area contributed by atoms with E-state index in [0.29, 0.717) is 44.0 Å². The number of carbonyl (C=O) groups is 1. The van der Waals surface area contributed by atoms with Crippen molar-refractivity contribution in [1.82, 2.24) is 4.90 Å². The lowest BCUT2D eigenvalue weighted by Crippen LogP contribution is -2.33. The molecule has 0 saturated carbocycles. The van der Waals surface area contributed by atoms with Crippen molar-refractivity contribution in [2.24, 2.45) is 0 Å². The van der Waals surface area contributed by atoms with Crippen molar-refractivity contribution in [2.75, 3.05) is 31.6 Å². The highest BCUT2D eigenvalue weighted by molar-refractivity contribution is 5.92. The Morgan fingerprint density at radius 3 is 2.74 bits per heavy atom. The van der Waals surface area contributed by atoms with Gasteiger partial charge < -0.3 is 15.2 Å². The lowest BCUT2D eigenvalue weighted by atomic mass is 9.89. The molecule has 0 spiro atoms. The maximum Gasteiger partial charge on any atom is 0.225 e. The first-order valence-corrected chi connectivity index (χ1v) is 9.54. The van der Waals surface area contributed by atoms with E-state index in [1.807, 2.05) is 62.4 Å². The van der Waals surface area contributed by atoms with Crippen LogP contribution in [0.25, 0.3) is 0 Å². The highest BCUT2D eigenvalue weighted by Crippen LogP contribution is 2.33. The average molecular weight is 368 g/mol. The van der Waals surface area contributed by atoms with Gasteiger partial charge in [0, 0.05) is 26.1 Å². The van der Waals surface area contributed by atoms with E-state index in [9.17, 15) is 9.90 Å². The third-order valence-corrected chi connectivity index (χ3v) is 5.09. The van der Waals surface area contributed by atoms with Gasteiger partial charge in [0.25, 0.3) is 0 Å². The fourth-order valence-electron chi connectivity index (χ4n) is 3.70. The number of nitrogens with zero attached hydrogens (tertiary/aromatic N) is 1. The van der Waals surface area contributed by atoms with Crippen LogP contribution in [0.5, 0.6) is 5.75 Å². The minimum atomic E-state index is -0.830. The molecule has 0 aliphatic carbocycles. The fraction of sp³-hybridized carbons (Fsp3) is 0.409. The molecule has 1 aliphatic rings. The number of aliphatic hydroxyl groups is 1. The SMILES string of the molecule is CCOc1ccccc1NC(=O)CCN1CC[C@@](O)(c2ccccc2C)C1. The van der Waals surface area contributed by atoms with Crippen LogP contribution in [0, 0.1) is 6.92 Å². The number of nitrogens with one attached hydrogen (secondary N) is 1. The van der Waals surface area contributed by atoms with Gasteiger partial charge in [-0.05, 0) is 43.5 Å². The monoisotopic (exact) mass is 368 g/mol. The number of hydrogen-bond acceptors (Lipinski definition) is 4. The molecule has 2 aromatic carbocycles. The van der Waals surface area contributed by atoms with Gasteiger partial charge in [-0.15, -0.1) is 0 Å². The van der Waals surface area contributed by atoms with Crippen LogP contribution in [-0.4, -0.2) is 42.2 Å². The Morgan fingerprint density at radius 1 is 1.22 bits per heavy atom. The van der Waals surface area contributed by atoms with Gasteiger partial charge in [-0.1, -0.05) is 36.4 Å². The molecule has 1 amide bonds. The first-order valence-electron chi connectivity index (χ1n) is 9.54. The number of likely N-dealkylation sites (tertiary alicyclic amines) is 1. The number of benzene rings is 2. The number of anilines is 1. The highest BCUT2D eigenvalue weighted by Gasteiger charge is 2.38. The quantitative estimate of drug-likeness (QED) is 0.787. The summed E-state index contributed by atoms with van der Waals surface area (Å²) in [6, 6.07) is 15.4. The van der Waals surface area contributed by atoms with Crippen LogP contribution < -0.4 is 10.1 Å². The molecule has 0 bridgehead atoms. The first-order chi connectivity index (χ1) is 13.0. The minimum absolute atomic E-state index is 0.0477. The molecule has 27 heavy (non-hydrogen) atoms. The summed E-state index contributed by atoms with van der Waals surface area (Å²) in [5.74, 6) is 0.636. The lowest BCUT2D eigenvalue weighted by Gasteiger charge is -2.25. The first kappa shape index (κ1) is 19.4. The zero-order valence-corrected chi connectivity index (χ0v) is 16.1. The molecule has 1 saturated heterocycles. The second-order valence-electron chi connectivity index (χ2n) is 7.10. The Balaban J connectivity index is 1.54. The minimum Gasteiger partial charge on any atom is -0.492 e. The Morgan fingerprint density at radius 2 is 1.96 bits per heavy atom. The summed E-state index contributed by atoms with van der Waals surface area (Å²) in [5, 5.41) is 14.0. The van der Waals surface area contributed by atoms with E-state index < -0.39 is 5.60 Å². The lowest BCUT2D eigenvalue weighted by molar-refractivity contribution is -0.116. The molecule has 2 N–H and O–H groups in total. The summed E-state index contributed by atoms with van der Waals surface area (Å²) in [7, 11) is 0. The van der Waals surface area contributed by atoms with Crippen LogP contribution in [0.4, 0.5) is 5.69 Å². The number of amides is 1. The predicted molar refractivity (Wildman–Crippen MR) is 107 cm³/mol. The number of β-amino-alcohol motifs (C(OH)–C–C–N with tert-alkyl or cyclic N) is 1. The largest absolute Gasteiger partial charge is 0.492 e. The van der Waals surface area contributed by atoms with E-state index in [-0.39, 0.29) is 5.91 Å². The van der Waals surface area contributed by atoms with Crippen molar-refractivity contribution in [3.8, 4) is 5.75 Å². The van der Waals surface area contributed by atoms with Crippen molar-refractivity contribution in [3.05, 3.63) is 59.7 Å². The molecule has 0 aromatic heterocycles. The summed E-state index contributed by atoms with van der Waals surface area (Å²) in [5.41, 5.74) is 1.96. The Bertz CT molecular complexity index is 793. The average Bonchev–Trinajstić information content (AvgIpc) is 3.04. The van der Waals surface area contributed by atoms with E-state index in [2.05, 4.69) is 10.2 Å². The number of aryl methyl sites for hydroxylation is 1. The maximum absolute atomic E-state index is 12.4. The van der Waals surface area contributed by atoms with E-state index in [1.54, 1.807) is 0 Å². The Labute approximate surface area is 161 Å². The van der Waals surface area contributed by atoms with Crippen molar-refractivity contribution in [3.63, 3.8) is 0 Å². The zero-order valence-electron chi connectivity index (χ0n) is 16.1. The van der Waals surface area contributed by atoms with Crippen molar-refractivity contribution in [1.29, 1.82) is 0 Å². The molecule has 1 fully saturated rings. The molecule has 1 atom stereocenters. The zero-order chi connectivity index (χ0) is 19.3. The summed E-state index contributed by atoms with van der Waals surface area (Å²) in [6.45, 7) is 6.46. The van der Waals surface area contributed by atoms with Gasteiger partial charge in [0.15, 0.2) is 0 Å². The van der Waals surface area contributed by atoms with E-state index in [1.165, 1.54) is 0 Å². The second kappa shape index (κ2) is 8.55. The molecule has 5 heteroatoms. The summed E-state index contributed by atoms with van der Waals surface area (Å²) >= 11 is 0. The fourth-order valence-corrected chi connectivity index (χ4v) is 3.70. The highest BCUT2D eigenvalue weighted by atomic mass is 16.5. The van der Waals surface area contributed by atoms with Crippen molar-refractivity contribution in [2.45, 2.75) is 32.3 Å². The van der Waals surface area contributed by atoms with Gasteiger partial charge in [-0.3, -0.25) is 9.69 Å².